The van der Waals surface area contributed by atoms with E-state index in [1.807, 2.05) is 0 Å². The lowest BCUT2D eigenvalue weighted by Gasteiger charge is -2.32. The Labute approximate surface area is 299 Å². The summed E-state index contributed by atoms with van der Waals surface area (Å²) in [4.78, 5) is 17.5. The minimum atomic E-state index is -4.51. The molecule has 5 aromatic rings. The second-order valence-corrected chi connectivity index (χ2v) is 14.2. The van der Waals surface area contributed by atoms with Crippen LogP contribution in [0.4, 0.5) is 18.0 Å². The number of aromatic nitrogens is 2. The van der Waals surface area contributed by atoms with Crippen molar-refractivity contribution in [3.63, 3.8) is 0 Å². The Morgan fingerprint density at radius 1 is 0.904 bits per heavy atom. The summed E-state index contributed by atoms with van der Waals surface area (Å²) < 4.78 is 99.6. The summed E-state index contributed by atoms with van der Waals surface area (Å²) >= 11 is 0. The Morgan fingerprint density at radius 2 is 1.48 bits per heavy atom. The molecule has 2 aromatic heterocycles. The molecule has 0 aliphatic carbocycles. The molecule has 1 aliphatic heterocycles. The molecule has 15 heteroatoms. The molecular formula is C37H37F3N4O7S. The monoisotopic (exact) mass is 738 g/mol. The van der Waals surface area contributed by atoms with Crippen LogP contribution in [0.3, 0.4) is 0 Å². The van der Waals surface area contributed by atoms with Gasteiger partial charge in [0.15, 0.2) is 0 Å². The summed E-state index contributed by atoms with van der Waals surface area (Å²) in [5.41, 5.74) is 1.16. The largest absolute Gasteiger partial charge is 0.497 e. The predicted molar refractivity (Wildman–Crippen MR) is 185 cm³/mol. The lowest BCUT2D eigenvalue weighted by molar-refractivity contribution is -0.0241. The standard InChI is InChI=1S/C37H37F3N4O7S/c1-23-15-34-41-36(33(44(34)22-32(23)40)16-28-21-42(13-14-51-28)37(45)50-4)35-30(38)17-29(18-31(35)39)52(46,47)43(19-24-5-9-26(48-2)10-6-24)20-25-7-11-27(49-3)12-8-25/h5-12,15,17-18,22,28H,13-14,16,19-21H2,1-4H3/t28-/m0/s1. The van der Waals surface area contributed by atoms with Crippen LogP contribution in [-0.2, 0) is 39.0 Å². The number of halogens is 3. The number of hydrogen-bond acceptors (Lipinski definition) is 8. The molecule has 274 valence electrons. The van der Waals surface area contributed by atoms with Gasteiger partial charge in [-0.15, -0.1) is 0 Å². The number of aryl methyl sites for hydroxylation is 1. The van der Waals surface area contributed by atoms with Gasteiger partial charge >= 0.3 is 6.09 Å². The Hall–Kier alpha value is -5.12. The van der Waals surface area contributed by atoms with Crippen molar-refractivity contribution in [2.75, 3.05) is 41.0 Å². The van der Waals surface area contributed by atoms with E-state index < -0.39 is 50.1 Å². The molecule has 1 atom stereocenters. The lowest BCUT2D eigenvalue weighted by Crippen LogP contribution is -2.46. The van der Waals surface area contributed by atoms with E-state index in [0.717, 1.165) is 16.4 Å². The van der Waals surface area contributed by atoms with Crippen LogP contribution >= 0.6 is 0 Å². The summed E-state index contributed by atoms with van der Waals surface area (Å²) in [5, 5.41) is 0. The number of morpholine rings is 1. The highest BCUT2D eigenvalue weighted by Gasteiger charge is 2.32. The van der Waals surface area contributed by atoms with E-state index in [9.17, 15) is 17.6 Å². The molecule has 0 radical (unpaired) electrons. The fourth-order valence-corrected chi connectivity index (χ4v) is 7.57. The predicted octanol–water partition coefficient (Wildman–Crippen LogP) is 6.15. The second-order valence-electron chi connectivity index (χ2n) is 12.3. The van der Waals surface area contributed by atoms with Crippen molar-refractivity contribution in [1.82, 2.24) is 18.6 Å². The Balaban J connectivity index is 1.40. The van der Waals surface area contributed by atoms with Gasteiger partial charge in [-0.05, 0) is 66.1 Å². The molecule has 0 unspecified atom stereocenters. The van der Waals surface area contributed by atoms with Crippen molar-refractivity contribution < 1.29 is 45.3 Å². The van der Waals surface area contributed by atoms with Gasteiger partial charge in [0, 0.05) is 32.3 Å². The van der Waals surface area contributed by atoms with Gasteiger partial charge in [0.05, 0.1) is 62.4 Å². The average molecular weight is 739 g/mol. The number of pyridine rings is 1. The highest BCUT2D eigenvalue weighted by atomic mass is 32.2. The molecule has 6 rings (SSSR count). The zero-order valence-electron chi connectivity index (χ0n) is 28.9. The van der Waals surface area contributed by atoms with E-state index in [1.54, 1.807) is 48.5 Å². The zero-order valence-corrected chi connectivity index (χ0v) is 29.8. The van der Waals surface area contributed by atoms with Crippen LogP contribution in [0.2, 0.25) is 0 Å². The molecule has 1 saturated heterocycles. The van der Waals surface area contributed by atoms with E-state index in [1.165, 1.54) is 49.8 Å². The summed E-state index contributed by atoms with van der Waals surface area (Å²) in [6.45, 7) is 1.87. The van der Waals surface area contributed by atoms with Gasteiger partial charge in [-0.2, -0.15) is 4.31 Å². The molecule has 1 fully saturated rings. The number of hydrogen-bond donors (Lipinski definition) is 0. The van der Waals surface area contributed by atoms with Gasteiger partial charge in [-0.1, -0.05) is 24.3 Å². The number of rotatable bonds is 11. The van der Waals surface area contributed by atoms with Gasteiger partial charge in [0.25, 0.3) is 0 Å². The maximum Gasteiger partial charge on any atom is 0.409 e. The molecule has 1 aliphatic rings. The van der Waals surface area contributed by atoms with Crippen LogP contribution in [0.5, 0.6) is 11.5 Å². The quantitative estimate of drug-likeness (QED) is 0.159. The van der Waals surface area contributed by atoms with E-state index in [4.69, 9.17) is 18.9 Å². The molecule has 3 aromatic carbocycles. The molecular weight excluding hydrogens is 701 g/mol. The van der Waals surface area contributed by atoms with Gasteiger partial charge in [0.1, 0.15) is 34.6 Å². The van der Waals surface area contributed by atoms with Crippen LogP contribution in [0.25, 0.3) is 16.9 Å². The molecule has 0 spiro atoms. The maximum atomic E-state index is 16.3. The second kappa shape index (κ2) is 15.2. The average Bonchev–Trinajstić information content (AvgIpc) is 3.46. The number of sulfonamides is 1. The first kappa shape index (κ1) is 36.7. The number of nitrogens with zero attached hydrogens (tertiary/aromatic N) is 4. The van der Waals surface area contributed by atoms with Crippen molar-refractivity contribution in [3.05, 3.63) is 113 Å². The molecule has 3 heterocycles. The molecule has 0 N–H and O–H groups in total. The first-order valence-electron chi connectivity index (χ1n) is 16.3. The highest BCUT2D eigenvalue weighted by Crippen LogP contribution is 2.34. The van der Waals surface area contributed by atoms with E-state index in [0.29, 0.717) is 22.6 Å². The van der Waals surface area contributed by atoms with Crippen LogP contribution in [-0.4, -0.2) is 80.2 Å². The normalized spacial score (nSPS) is 14.9. The fourth-order valence-electron chi connectivity index (χ4n) is 6.13. The number of fused-ring (bicyclic) bond motifs is 1. The number of amides is 1. The third kappa shape index (κ3) is 7.56. The van der Waals surface area contributed by atoms with Crippen LogP contribution in [0.1, 0.15) is 22.4 Å². The summed E-state index contributed by atoms with van der Waals surface area (Å²) in [6, 6.07) is 16.5. The van der Waals surface area contributed by atoms with Crippen molar-refractivity contribution in [2.45, 2.75) is 37.4 Å². The Bertz CT molecular complexity index is 2120. The molecule has 0 bridgehead atoms. The number of carbonyl (C=O) groups excluding carboxylic acids is 1. The number of ether oxygens (including phenoxy) is 4. The Morgan fingerprint density at radius 3 is 2.02 bits per heavy atom. The fraction of sp³-hybridized carbons (Fsp3) is 0.297. The van der Waals surface area contributed by atoms with Gasteiger partial charge in [-0.25, -0.2) is 31.4 Å². The molecule has 52 heavy (non-hydrogen) atoms. The summed E-state index contributed by atoms with van der Waals surface area (Å²) in [6.07, 6.45) is -0.0492. The number of methoxy groups -OCH3 is 3. The maximum absolute atomic E-state index is 16.3. The van der Waals surface area contributed by atoms with Gasteiger partial charge < -0.3 is 28.2 Å². The first-order valence-corrected chi connectivity index (χ1v) is 17.7. The molecule has 11 nitrogen and oxygen atoms in total. The van der Waals surface area contributed by atoms with Crippen molar-refractivity contribution in [3.8, 4) is 22.8 Å². The van der Waals surface area contributed by atoms with Gasteiger partial charge in [-0.3, -0.25) is 0 Å². The third-order valence-corrected chi connectivity index (χ3v) is 10.7. The van der Waals surface area contributed by atoms with Crippen LogP contribution < -0.4 is 9.47 Å². The van der Waals surface area contributed by atoms with Crippen LogP contribution in [0, 0.1) is 24.4 Å². The minimum absolute atomic E-state index is 0.0110. The SMILES string of the molecule is COC(=O)N1CCO[C@@H](Cc2c(-c3c(F)cc(S(=O)(=O)N(Cc4ccc(OC)cc4)Cc4ccc(OC)cc4)cc3F)nc3cc(C)c(F)cn23)C1. The van der Waals surface area contributed by atoms with Crippen molar-refractivity contribution >= 4 is 21.8 Å². The number of carbonyl (C=O) groups is 1. The summed E-state index contributed by atoms with van der Waals surface area (Å²) in [5.74, 6) is -1.79. The van der Waals surface area contributed by atoms with Gasteiger partial charge in [0.2, 0.25) is 10.0 Å². The molecule has 0 saturated carbocycles. The minimum Gasteiger partial charge on any atom is -0.497 e. The topological polar surface area (TPSA) is 112 Å². The first-order chi connectivity index (χ1) is 24.9. The van der Waals surface area contributed by atoms with E-state index >= 15 is 8.78 Å². The van der Waals surface area contributed by atoms with Crippen molar-refractivity contribution in [2.24, 2.45) is 0 Å². The Kier molecular flexibility index (Phi) is 10.7. The van der Waals surface area contributed by atoms with E-state index in [2.05, 4.69) is 4.98 Å². The number of imidazole rings is 1. The van der Waals surface area contributed by atoms with E-state index in [-0.39, 0.29) is 61.8 Å². The summed E-state index contributed by atoms with van der Waals surface area (Å²) in [7, 11) is -0.229. The zero-order chi connectivity index (χ0) is 37.2. The molecule has 1 amide bonds. The smallest absolute Gasteiger partial charge is 0.409 e. The highest BCUT2D eigenvalue weighted by molar-refractivity contribution is 7.89. The number of benzene rings is 3. The van der Waals surface area contributed by atoms with Crippen LogP contribution in [0.15, 0.2) is 77.8 Å². The lowest BCUT2D eigenvalue weighted by atomic mass is 10.0. The van der Waals surface area contributed by atoms with Crippen molar-refractivity contribution in [1.29, 1.82) is 0 Å². The third-order valence-electron chi connectivity index (χ3n) is 8.92.